The van der Waals surface area contributed by atoms with Gasteiger partial charge >= 0.3 is 5.97 Å². The highest BCUT2D eigenvalue weighted by molar-refractivity contribution is 5.85. The molecule has 1 aliphatic heterocycles. The molecule has 1 aliphatic carbocycles. The van der Waals surface area contributed by atoms with Crippen molar-refractivity contribution in [1.82, 2.24) is 4.90 Å². The highest BCUT2D eigenvalue weighted by atomic mass is 16.5. The van der Waals surface area contributed by atoms with Gasteiger partial charge in [-0.15, -0.1) is 0 Å². The number of carbonyl (C=O) groups is 1. The Morgan fingerprint density at radius 1 is 1.26 bits per heavy atom. The first-order valence-electron chi connectivity index (χ1n) is 8.83. The van der Waals surface area contributed by atoms with Crippen molar-refractivity contribution >= 4 is 5.97 Å². The molecule has 1 saturated carbocycles. The van der Waals surface area contributed by atoms with Crippen molar-refractivity contribution in [3.63, 3.8) is 0 Å². The van der Waals surface area contributed by atoms with Crippen LogP contribution in [-0.4, -0.2) is 37.6 Å². The summed E-state index contributed by atoms with van der Waals surface area (Å²) in [6.07, 6.45) is 4.14. The summed E-state index contributed by atoms with van der Waals surface area (Å²) in [4.78, 5) is 15.3. The van der Waals surface area contributed by atoms with E-state index in [1.165, 1.54) is 12.8 Å². The van der Waals surface area contributed by atoms with Crippen molar-refractivity contribution in [2.75, 3.05) is 26.7 Å². The Balaban J connectivity index is 1.67. The van der Waals surface area contributed by atoms with E-state index in [0.717, 1.165) is 31.5 Å². The molecule has 23 heavy (non-hydrogen) atoms. The molecule has 3 rings (SSSR count). The van der Waals surface area contributed by atoms with Crippen LogP contribution in [-0.2, 0) is 14.9 Å². The molecule has 0 bridgehead atoms. The second-order valence-electron chi connectivity index (χ2n) is 8.33. The topological polar surface area (TPSA) is 29.5 Å². The molecule has 1 aromatic carbocycles. The van der Waals surface area contributed by atoms with Crippen LogP contribution in [0.15, 0.2) is 30.3 Å². The van der Waals surface area contributed by atoms with Crippen LogP contribution < -0.4 is 0 Å². The van der Waals surface area contributed by atoms with Gasteiger partial charge in [0.1, 0.15) is 0 Å². The van der Waals surface area contributed by atoms with Gasteiger partial charge in [-0.2, -0.15) is 0 Å². The van der Waals surface area contributed by atoms with Gasteiger partial charge in [0.05, 0.1) is 12.0 Å². The monoisotopic (exact) mass is 315 g/mol. The third kappa shape index (κ3) is 3.45. The van der Waals surface area contributed by atoms with Crippen LogP contribution in [0, 0.1) is 11.3 Å². The molecule has 1 saturated heterocycles. The summed E-state index contributed by atoms with van der Waals surface area (Å²) in [7, 11) is 2.15. The number of hydrogen-bond acceptors (Lipinski definition) is 3. The minimum Gasteiger partial charge on any atom is -0.465 e. The molecule has 2 fully saturated rings. The average Bonchev–Trinajstić information content (AvgIpc) is 2.51. The number of benzene rings is 1. The quantitative estimate of drug-likeness (QED) is 0.795. The lowest BCUT2D eigenvalue weighted by atomic mass is 9.52. The van der Waals surface area contributed by atoms with E-state index in [1.54, 1.807) is 0 Å². The number of ether oxygens (including phenoxy) is 1. The van der Waals surface area contributed by atoms with Crippen LogP contribution in [0.5, 0.6) is 0 Å². The first-order valence-corrected chi connectivity index (χ1v) is 8.83. The molecular formula is C20H29NO2. The Morgan fingerprint density at radius 3 is 2.57 bits per heavy atom. The van der Waals surface area contributed by atoms with E-state index >= 15 is 0 Å². The first kappa shape index (κ1) is 16.5. The highest BCUT2D eigenvalue weighted by Gasteiger charge is 2.56. The van der Waals surface area contributed by atoms with E-state index in [2.05, 4.69) is 37.9 Å². The molecule has 0 amide bonds. The van der Waals surface area contributed by atoms with Crippen LogP contribution >= 0.6 is 0 Å². The van der Waals surface area contributed by atoms with Gasteiger partial charge in [-0.05, 0) is 50.3 Å². The number of hydrogen-bond donors (Lipinski definition) is 0. The molecule has 0 radical (unpaired) electrons. The zero-order chi connectivity index (χ0) is 16.5. The van der Waals surface area contributed by atoms with Gasteiger partial charge in [0.2, 0.25) is 0 Å². The van der Waals surface area contributed by atoms with Crippen LogP contribution in [0.2, 0.25) is 0 Å². The lowest BCUT2D eigenvalue weighted by Crippen LogP contribution is -2.53. The summed E-state index contributed by atoms with van der Waals surface area (Å²) < 4.78 is 5.82. The summed E-state index contributed by atoms with van der Waals surface area (Å²) in [6, 6.07) is 10.2. The minimum atomic E-state index is -0.425. The van der Waals surface area contributed by atoms with E-state index in [0.29, 0.717) is 12.5 Å². The van der Waals surface area contributed by atoms with Gasteiger partial charge in [-0.3, -0.25) is 4.79 Å². The number of piperidine rings is 1. The highest BCUT2D eigenvalue weighted by Crippen LogP contribution is 2.56. The lowest BCUT2D eigenvalue weighted by molar-refractivity contribution is -0.162. The fourth-order valence-corrected chi connectivity index (χ4v) is 4.55. The third-order valence-corrected chi connectivity index (χ3v) is 5.45. The van der Waals surface area contributed by atoms with E-state index in [4.69, 9.17) is 4.74 Å². The zero-order valence-electron chi connectivity index (χ0n) is 14.7. The van der Waals surface area contributed by atoms with Gasteiger partial charge < -0.3 is 9.64 Å². The Labute approximate surface area is 140 Å². The molecule has 0 aromatic heterocycles. The third-order valence-electron chi connectivity index (χ3n) is 5.45. The number of nitrogens with zero attached hydrogens (tertiary/aromatic N) is 1. The molecule has 1 heterocycles. The van der Waals surface area contributed by atoms with E-state index in [-0.39, 0.29) is 11.4 Å². The molecule has 0 N–H and O–H groups in total. The number of esters is 1. The molecular weight excluding hydrogens is 286 g/mol. The van der Waals surface area contributed by atoms with E-state index < -0.39 is 5.41 Å². The maximum absolute atomic E-state index is 12.9. The largest absolute Gasteiger partial charge is 0.465 e. The SMILES string of the molecule is CN1CCCC(COC(=O)C2(c3ccccc3)CC(C)(C)C2)C1. The van der Waals surface area contributed by atoms with Crippen molar-refractivity contribution in [3.05, 3.63) is 35.9 Å². The van der Waals surface area contributed by atoms with Crippen LogP contribution in [0.3, 0.4) is 0 Å². The summed E-state index contributed by atoms with van der Waals surface area (Å²) >= 11 is 0. The molecule has 0 spiro atoms. The Kier molecular flexibility index (Phi) is 4.50. The maximum atomic E-state index is 12.9. The predicted octanol–water partition coefficient (Wildman–Crippen LogP) is 3.63. The normalized spacial score (nSPS) is 26.3. The molecule has 1 aromatic rings. The molecule has 1 unspecified atom stereocenters. The second kappa shape index (κ2) is 6.27. The maximum Gasteiger partial charge on any atom is 0.316 e. The van der Waals surface area contributed by atoms with Crippen molar-refractivity contribution in [1.29, 1.82) is 0 Å². The van der Waals surface area contributed by atoms with Crippen molar-refractivity contribution in [2.24, 2.45) is 11.3 Å². The fraction of sp³-hybridized carbons (Fsp3) is 0.650. The Hall–Kier alpha value is -1.35. The zero-order valence-corrected chi connectivity index (χ0v) is 14.7. The Morgan fingerprint density at radius 2 is 1.96 bits per heavy atom. The first-order chi connectivity index (χ1) is 10.9. The number of rotatable bonds is 4. The van der Waals surface area contributed by atoms with Gasteiger partial charge in [-0.25, -0.2) is 0 Å². The van der Waals surface area contributed by atoms with Gasteiger partial charge in [0.25, 0.3) is 0 Å². The van der Waals surface area contributed by atoms with Crippen LogP contribution in [0.4, 0.5) is 0 Å². The summed E-state index contributed by atoms with van der Waals surface area (Å²) in [5.74, 6) is 0.467. The minimum absolute atomic E-state index is 0.0174. The summed E-state index contributed by atoms with van der Waals surface area (Å²) in [6.45, 7) is 7.23. The van der Waals surface area contributed by atoms with Gasteiger partial charge in [-0.1, -0.05) is 44.2 Å². The smallest absolute Gasteiger partial charge is 0.316 e. The van der Waals surface area contributed by atoms with E-state index in [1.807, 2.05) is 18.2 Å². The van der Waals surface area contributed by atoms with Crippen LogP contribution in [0.1, 0.15) is 45.1 Å². The molecule has 3 nitrogen and oxygen atoms in total. The lowest BCUT2D eigenvalue weighted by Gasteiger charge is -2.51. The van der Waals surface area contributed by atoms with Gasteiger partial charge in [0, 0.05) is 12.5 Å². The van der Waals surface area contributed by atoms with E-state index in [9.17, 15) is 4.79 Å². The molecule has 126 valence electrons. The summed E-state index contributed by atoms with van der Waals surface area (Å²) in [5, 5.41) is 0. The summed E-state index contributed by atoms with van der Waals surface area (Å²) in [5.41, 5.74) is 0.913. The number of likely N-dealkylation sites (tertiary alicyclic amines) is 1. The van der Waals surface area contributed by atoms with Crippen molar-refractivity contribution in [2.45, 2.75) is 44.9 Å². The molecule has 1 atom stereocenters. The predicted molar refractivity (Wildman–Crippen MR) is 92.3 cm³/mol. The molecule has 2 aliphatic rings. The Bertz CT molecular complexity index is 544. The van der Waals surface area contributed by atoms with Crippen molar-refractivity contribution in [3.8, 4) is 0 Å². The standard InChI is InChI=1S/C20H29NO2/c1-19(2)14-20(15-19,17-9-5-4-6-10-17)18(22)23-13-16-8-7-11-21(3)12-16/h4-6,9-10,16H,7-8,11-15H2,1-3H3. The second-order valence-corrected chi connectivity index (χ2v) is 8.33. The fourth-order valence-electron chi connectivity index (χ4n) is 4.55. The van der Waals surface area contributed by atoms with Crippen molar-refractivity contribution < 1.29 is 9.53 Å². The average molecular weight is 315 g/mol. The van der Waals surface area contributed by atoms with Gasteiger partial charge in [0.15, 0.2) is 0 Å². The number of carbonyl (C=O) groups excluding carboxylic acids is 1. The molecule has 3 heteroatoms. The van der Waals surface area contributed by atoms with Crippen LogP contribution in [0.25, 0.3) is 0 Å².